The maximum absolute atomic E-state index is 13.1. The van der Waals surface area contributed by atoms with Gasteiger partial charge in [-0.2, -0.15) is 0 Å². The molecule has 0 radical (unpaired) electrons. The zero-order valence-electron chi connectivity index (χ0n) is 14.7. The first-order valence-corrected chi connectivity index (χ1v) is 8.83. The van der Waals surface area contributed by atoms with Gasteiger partial charge < -0.3 is 10.2 Å². The number of nitrogens with zero attached hydrogens (tertiary/aromatic N) is 2. The minimum Gasteiger partial charge on any atom is -0.353 e. The van der Waals surface area contributed by atoms with E-state index in [2.05, 4.69) is 11.9 Å². The third kappa shape index (κ3) is 2.70. The van der Waals surface area contributed by atoms with Crippen molar-refractivity contribution >= 4 is 23.4 Å². The summed E-state index contributed by atoms with van der Waals surface area (Å²) in [6.45, 7) is 4.18. The molecule has 0 aromatic heterocycles. The summed E-state index contributed by atoms with van der Waals surface area (Å²) >= 11 is 0. The van der Waals surface area contributed by atoms with E-state index in [0.717, 1.165) is 5.56 Å². The van der Waals surface area contributed by atoms with Gasteiger partial charge in [0.25, 0.3) is 11.8 Å². The molecule has 0 saturated carbocycles. The number of carbonyl (C=O) groups is 3. The van der Waals surface area contributed by atoms with Crippen LogP contribution in [0.1, 0.15) is 38.9 Å². The third-order valence-corrected chi connectivity index (χ3v) is 4.91. The average molecular weight is 361 g/mol. The molecule has 2 aromatic rings. The molecule has 2 aliphatic rings. The van der Waals surface area contributed by atoms with Gasteiger partial charge in [0.15, 0.2) is 0 Å². The molecule has 27 heavy (non-hydrogen) atoms. The molecule has 136 valence electrons. The van der Waals surface area contributed by atoms with Crippen LogP contribution in [0.5, 0.6) is 0 Å². The van der Waals surface area contributed by atoms with Gasteiger partial charge in [-0.3, -0.25) is 19.3 Å². The second kappa shape index (κ2) is 6.72. The predicted molar refractivity (Wildman–Crippen MR) is 101 cm³/mol. The van der Waals surface area contributed by atoms with Crippen molar-refractivity contribution in [2.45, 2.75) is 12.6 Å². The topological polar surface area (TPSA) is 69.7 Å². The van der Waals surface area contributed by atoms with E-state index in [1.807, 2.05) is 24.3 Å². The Morgan fingerprint density at radius 2 is 1.74 bits per heavy atom. The van der Waals surface area contributed by atoms with Crippen LogP contribution in [0.4, 0.5) is 5.69 Å². The zero-order valence-corrected chi connectivity index (χ0v) is 14.7. The van der Waals surface area contributed by atoms with Gasteiger partial charge in [0.2, 0.25) is 5.91 Å². The molecule has 6 nitrogen and oxygen atoms in total. The highest BCUT2D eigenvalue weighted by Gasteiger charge is 2.47. The van der Waals surface area contributed by atoms with Gasteiger partial charge in [-0.1, -0.05) is 36.4 Å². The number of carbonyl (C=O) groups excluding carboxylic acids is 3. The molecule has 3 amide bonds. The van der Waals surface area contributed by atoms with E-state index < -0.39 is 6.17 Å². The molecule has 2 aromatic carbocycles. The molecular formula is C21H19N3O3. The third-order valence-electron chi connectivity index (χ3n) is 4.91. The molecule has 2 aliphatic heterocycles. The maximum Gasteiger partial charge on any atom is 0.260 e. The second-order valence-corrected chi connectivity index (χ2v) is 6.49. The molecular weight excluding hydrogens is 342 g/mol. The quantitative estimate of drug-likeness (QED) is 0.832. The summed E-state index contributed by atoms with van der Waals surface area (Å²) in [4.78, 5) is 41.5. The Morgan fingerprint density at radius 1 is 1.04 bits per heavy atom. The summed E-state index contributed by atoms with van der Waals surface area (Å²) in [5.41, 5.74) is 2.47. The summed E-state index contributed by atoms with van der Waals surface area (Å²) in [5, 5.41) is 2.72. The minimum atomic E-state index is -0.525. The number of nitrogens with one attached hydrogen (secondary N) is 1. The number of amides is 3. The molecule has 0 bridgehead atoms. The van der Waals surface area contributed by atoms with Crippen LogP contribution in [-0.2, 0) is 4.79 Å². The number of para-hydroxylation sites is 1. The molecule has 6 heteroatoms. The van der Waals surface area contributed by atoms with Crippen molar-refractivity contribution in [1.29, 1.82) is 0 Å². The molecule has 0 aliphatic carbocycles. The van der Waals surface area contributed by atoms with Crippen LogP contribution in [0.2, 0.25) is 0 Å². The first-order valence-electron chi connectivity index (χ1n) is 8.83. The van der Waals surface area contributed by atoms with Crippen LogP contribution in [0.15, 0.2) is 61.2 Å². The van der Waals surface area contributed by atoms with Crippen molar-refractivity contribution in [3.63, 3.8) is 0 Å². The second-order valence-electron chi connectivity index (χ2n) is 6.49. The number of rotatable bonds is 5. The Kier molecular flexibility index (Phi) is 4.24. The fourth-order valence-corrected chi connectivity index (χ4v) is 3.70. The van der Waals surface area contributed by atoms with Gasteiger partial charge in [0.05, 0.1) is 11.3 Å². The molecule has 0 spiro atoms. The van der Waals surface area contributed by atoms with Gasteiger partial charge in [0.1, 0.15) is 6.17 Å². The standard InChI is InChI=1S/C21H19N3O3/c1-2-12-22-18(25)11-13-23-19-14-7-3-4-8-15(14)21(27)24(19)17-10-6-5-9-16(17)20(23)26/h2-10,19H,1,11-13H2,(H,22,25). The van der Waals surface area contributed by atoms with E-state index in [1.165, 1.54) is 0 Å². The van der Waals surface area contributed by atoms with E-state index in [-0.39, 0.29) is 30.7 Å². The van der Waals surface area contributed by atoms with Crippen LogP contribution in [0.3, 0.4) is 0 Å². The number of hydrogen-bond donors (Lipinski definition) is 1. The molecule has 1 unspecified atom stereocenters. The molecule has 2 heterocycles. The van der Waals surface area contributed by atoms with Crippen molar-refractivity contribution in [1.82, 2.24) is 10.2 Å². The lowest BCUT2D eigenvalue weighted by Crippen LogP contribution is -2.49. The zero-order chi connectivity index (χ0) is 19.0. The molecule has 4 rings (SSSR count). The largest absolute Gasteiger partial charge is 0.353 e. The SMILES string of the molecule is C=CCNC(=O)CCN1C(=O)c2ccccc2N2C(=O)c3ccccc3C12. The van der Waals surface area contributed by atoms with E-state index in [0.29, 0.717) is 23.4 Å². The Balaban J connectivity index is 1.73. The van der Waals surface area contributed by atoms with Crippen LogP contribution < -0.4 is 10.2 Å². The highest BCUT2D eigenvalue weighted by molar-refractivity contribution is 6.16. The first-order chi connectivity index (χ1) is 13.1. The first kappa shape index (κ1) is 17.0. The average Bonchev–Trinajstić information content (AvgIpc) is 2.99. The Bertz CT molecular complexity index is 953. The van der Waals surface area contributed by atoms with Crippen LogP contribution >= 0.6 is 0 Å². The molecule has 0 fully saturated rings. The monoisotopic (exact) mass is 361 g/mol. The number of hydrogen-bond acceptors (Lipinski definition) is 3. The smallest absolute Gasteiger partial charge is 0.260 e. The number of anilines is 1. The van der Waals surface area contributed by atoms with Crippen molar-refractivity contribution in [3.05, 3.63) is 77.9 Å². The summed E-state index contributed by atoms with van der Waals surface area (Å²) in [7, 11) is 0. The van der Waals surface area contributed by atoms with Gasteiger partial charge in [-0.05, 0) is 18.2 Å². The Morgan fingerprint density at radius 3 is 2.52 bits per heavy atom. The maximum atomic E-state index is 13.1. The summed E-state index contributed by atoms with van der Waals surface area (Å²) in [5.74, 6) is -0.463. The fraction of sp³-hybridized carbons (Fsp3) is 0.190. The van der Waals surface area contributed by atoms with Gasteiger partial charge >= 0.3 is 0 Å². The highest BCUT2D eigenvalue weighted by atomic mass is 16.2. The van der Waals surface area contributed by atoms with Crippen LogP contribution in [0, 0.1) is 0 Å². The summed E-state index contributed by atoms with van der Waals surface area (Å²) in [6, 6.07) is 14.4. The van der Waals surface area contributed by atoms with E-state index >= 15 is 0 Å². The molecule has 0 saturated heterocycles. The highest BCUT2D eigenvalue weighted by Crippen LogP contribution is 2.44. The normalized spacial score (nSPS) is 17.3. The lowest BCUT2D eigenvalue weighted by Gasteiger charge is -2.40. The number of benzene rings is 2. The van der Waals surface area contributed by atoms with E-state index in [1.54, 1.807) is 40.1 Å². The number of fused-ring (bicyclic) bond motifs is 5. The lowest BCUT2D eigenvalue weighted by molar-refractivity contribution is -0.121. The van der Waals surface area contributed by atoms with E-state index in [9.17, 15) is 14.4 Å². The van der Waals surface area contributed by atoms with Gasteiger partial charge in [-0.25, -0.2) is 0 Å². The lowest BCUT2D eigenvalue weighted by atomic mass is 10.0. The van der Waals surface area contributed by atoms with Crippen molar-refractivity contribution in [2.24, 2.45) is 0 Å². The van der Waals surface area contributed by atoms with Crippen molar-refractivity contribution < 1.29 is 14.4 Å². The Labute approximate surface area is 157 Å². The summed E-state index contributed by atoms with van der Waals surface area (Å²) in [6.07, 6.45) is 1.24. The fourth-order valence-electron chi connectivity index (χ4n) is 3.70. The van der Waals surface area contributed by atoms with Crippen LogP contribution in [-0.4, -0.2) is 35.7 Å². The Hall–Kier alpha value is -3.41. The molecule has 1 atom stereocenters. The van der Waals surface area contributed by atoms with Crippen molar-refractivity contribution in [3.8, 4) is 0 Å². The minimum absolute atomic E-state index is 0.128. The molecule has 1 N–H and O–H groups in total. The predicted octanol–water partition coefficient (Wildman–Crippen LogP) is 2.49. The van der Waals surface area contributed by atoms with Gasteiger partial charge in [0, 0.05) is 30.6 Å². The van der Waals surface area contributed by atoms with Crippen LogP contribution in [0.25, 0.3) is 0 Å². The van der Waals surface area contributed by atoms with Crippen molar-refractivity contribution in [2.75, 3.05) is 18.0 Å². The summed E-state index contributed by atoms with van der Waals surface area (Å²) < 4.78 is 0. The van der Waals surface area contributed by atoms with Gasteiger partial charge in [-0.15, -0.1) is 6.58 Å². The van der Waals surface area contributed by atoms with E-state index in [4.69, 9.17) is 0 Å².